The van der Waals surface area contributed by atoms with E-state index in [4.69, 9.17) is 0 Å². The van der Waals surface area contributed by atoms with Gasteiger partial charge in [0.15, 0.2) is 0 Å². The van der Waals surface area contributed by atoms with Gasteiger partial charge >= 0.3 is 5.97 Å². The molecule has 0 N–H and O–H groups in total. The molecule has 0 saturated carbocycles. The molecule has 0 saturated heterocycles. The molecule has 0 aliphatic rings. The van der Waals surface area contributed by atoms with E-state index in [-0.39, 0.29) is 31.0 Å². The first kappa shape index (κ1) is 19.6. The van der Waals surface area contributed by atoms with Gasteiger partial charge in [-0.2, -0.15) is 0 Å². The second-order valence-corrected chi connectivity index (χ2v) is 5.57. The number of carbonyl (C=O) groups is 2. The van der Waals surface area contributed by atoms with Gasteiger partial charge in [-0.1, -0.05) is 18.2 Å². The average Bonchev–Trinajstić information content (AvgIpc) is 2.54. The van der Waals surface area contributed by atoms with Crippen LogP contribution in [-0.4, -0.2) is 67.4 Å². The Labute approximate surface area is 141 Å². The van der Waals surface area contributed by atoms with E-state index < -0.39 is 10.9 Å². The minimum absolute atomic E-state index is 0.0774. The number of ether oxygens (including phenoxy) is 1. The number of para-hydroxylation sites is 1. The molecule has 0 aromatic heterocycles. The molecule has 0 unspecified atom stereocenters. The zero-order valence-electron chi connectivity index (χ0n) is 14.2. The van der Waals surface area contributed by atoms with Gasteiger partial charge in [0, 0.05) is 31.3 Å². The van der Waals surface area contributed by atoms with Gasteiger partial charge in [-0.15, -0.1) is 0 Å². The van der Waals surface area contributed by atoms with Gasteiger partial charge < -0.3 is 14.5 Å². The lowest BCUT2D eigenvalue weighted by Gasteiger charge is -2.24. The van der Waals surface area contributed by atoms with Crippen molar-refractivity contribution < 1.29 is 19.2 Å². The summed E-state index contributed by atoms with van der Waals surface area (Å²) in [6, 6.07) is 6.17. The monoisotopic (exact) mass is 337 g/mol. The minimum atomic E-state index is -0.499. The van der Waals surface area contributed by atoms with E-state index in [1.54, 1.807) is 18.2 Å². The Hall–Kier alpha value is -2.48. The Morgan fingerprint density at radius 3 is 2.42 bits per heavy atom. The first-order valence-electron chi connectivity index (χ1n) is 7.56. The Kier molecular flexibility index (Phi) is 7.84. The van der Waals surface area contributed by atoms with Gasteiger partial charge in [-0.05, 0) is 14.1 Å². The van der Waals surface area contributed by atoms with Crippen LogP contribution in [0.1, 0.15) is 12.0 Å². The highest BCUT2D eigenvalue weighted by Crippen LogP contribution is 2.19. The van der Waals surface area contributed by atoms with Crippen LogP contribution >= 0.6 is 0 Å². The molecule has 1 amide bonds. The predicted molar refractivity (Wildman–Crippen MR) is 88.6 cm³/mol. The molecule has 1 aromatic carbocycles. The van der Waals surface area contributed by atoms with Gasteiger partial charge in [0.25, 0.3) is 5.69 Å². The van der Waals surface area contributed by atoms with E-state index in [2.05, 4.69) is 4.74 Å². The summed E-state index contributed by atoms with van der Waals surface area (Å²) in [5.74, 6) is -0.654. The molecule has 0 radical (unpaired) electrons. The van der Waals surface area contributed by atoms with Crippen LogP contribution in [0, 0.1) is 10.1 Å². The van der Waals surface area contributed by atoms with Crippen LogP contribution in [0.3, 0.4) is 0 Å². The topological polar surface area (TPSA) is 93.0 Å². The lowest BCUT2D eigenvalue weighted by Crippen LogP contribution is -2.39. The molecule has 0 spiro atoms. The first-order valence-corrected chi connectivity index (χ1v) is 7.56. The van der Waals surface area contributed by atoms with E-state index in [1.807, 2.05) is 19.0 Å². The molecule has 132 valence electrons. The van der Waals surface area contributed by atoms with Crippen molar-refractivity contribution in [3.63, 3.8) is 0 Å². The highest BCUT2D eigenvalue weighted by Gasteiger charge is 2.20. The van der Waals surface area contributed by atoms with Crippen LogP contribution in [0.25, 0.3) is 0 Å². The van der Waals surface area contributed by atoms with Crippen molar-refractivity contribution >= 4 is 17.6 Å². The fraction of sp³-hybridized carbons (Fsp3) is 0.500. The molecule has 0 fully saturated rings. The summed E-state index contributed by atoms with van der Waals surface area (Å²) < 4.78 is 4.60. The predicted octanol–water partition coefficient (Wildman–Crippen LogP) is 1.09. The fourth-order valence-corrected chi connectivity index (χ4v) is 2.12. The Bertz CT molecular complexity index is 589. The quantitative estimate of drug-likeness (QED) is 0.380. The maximum Gasteiger partial charge on any atom is 0.307 e. The number of esters is 1. The molecule has 24 heavy (non-hydrogen) atoms. The standard InChI is InChI=1S/C16H23N3O5/c1-17(2)10-11-18(9-8-16(21)24-3)15(20)12-13-6-4-5-7-14(13)19(22)23/h4-7H,8-12H2,1-3H3. The molecular formula is C16H23N3O5. The Balaban J connectivity index is 2.83. The molecule has 0 heterocycles. The molecule has 0 aliphatic carbocycles. The molecule has 8 heteroatoms. The summed E-state index contributed by atoms with van der Waals surface area (Å²) in [4.78, 5) is 37.9. The van der Waals surface area contributed by atoms with Crippen LogP contribution in [0.4, 0.5) is 5.69 Å². The number of methoxy groups -OCH3 is 1. The zero-order valence-corrected chi connectivity index (χ0v) is 14.2. The second kappa shape index (κ2) is 9.61. The van der Waals surface area contributed by atoms with Crippen LogP contribution < -0.4 is 0 Å². The average molecular weight is 337 g/mol. The molecule has 0 atom stereocenters. The van der Waals surface area contributed by atoms with E-state index >= 15 is 0 Å². The number of likely N-dealkylation sites (N-methyl/N-ethyl adjacent to an activating group) is 1. The second-order valence-electron chi connectivity index (χ2n) is 5.57. The van der Waals surface area contributed by atoms with Gasteiger partial charge in [0.2, 0.25) is 5.91 Å². The van der Waals surface area contributed by atoms with Crippen molar-refractivity contribution in [2.75, 3.05) is 40.8 Å². The molecule has 0 bridgehead atoms. The third kappa shape index (κ3) is 6.33. The smallest absolute Gasteiger partial charge is 0.307 e. The number of carbonyl (C=O) groups excluding carboxylic acids is 2. The van der Waals surface area contributed by atoms with Crippen molar-refractivity contribution in [1.29, 1.82) is 0 Å². The van der Waals surface area contributed by atoms with Crippen molar-refractivity contribution in [3.8, 4) is 0 Å². The number of nitro benzene ring substituents is 1. The van der Waals surface area contributed by atoms with E-state index in [0.717, 1.165) is 0 Å². The van der Waals surface area contributed by atoms with Crippen molar-refractivity contribution in [2.24, 2.45) is 0 Å². The van der Waals surface area contributed by atoms with Gasteiger partial charge in [-0.25, -0.2) is 0 Å². The molecule has 1 aromatic rings. The van der Waals surface area contributed by atoms with Crippen molar-refractivity contribution in [2.45, 2.75) is 12.8 Å². The van der Waals surface area contributed by atoms with Crippen molar-refractivity contribution in [3.05, 3.63) is 39.9 Å². The Morgan fingerprint density at radius 2 is 1.83 bits per heavy atom. The van der Waals surface area contributed by atoms with Gasteiger partial charge in [0.1, 0.15) is 0 Å². The van der Waals surface area contributed by atoms with E-state index in [0.29, 0.717) is 18.7 Å². The third-order valence-electron chi connectivity index (χ3n) is 3.51. The summed E-state index contributed by atoms with van der Waals surface area (Å²) in [7, 11) is 5.05. The van der Waals surface area contributed by atoms with Gasteiger partial charge in [0.05, 0.1) is 24.9 Å². The zero-order chi connectivity index (χ0) is 18.1. The maximum atomic E-state index is 12.5. The van der Waals surface area contributed by atoms with Crippen LogP contribution in [0.15, 0.2) is 24.3 Å². The lowest BCUT2D eigenvalue weighted by molar-refractivity contribution is -0.385. The molecule has 8 nitrogen and oxygen atoms in total. The number of amides is 1. The highest BCUT2D eigenvalue weighted by atomic mass is 16.6. The molecular weight excluding hydrogens is 314 g/mol. The van der Waals surface area contributed by atoms with Crippen molar-refractivity contribution in [1.82, 2.24) is 9.80 Å². The fourth-order valence-electron chi connectivity index (χ4n) is 2.12. The SMILES string of the molecule is COC(=O)CCN(CCN(C)C)C(=O)Cc1ccccc1[N+](=O)[O-]. The maximum absolute atomic E-state index is 12.5. The summed E-state index contributed by atoms with van der Waals surface area (Å²) >= 11 is 0. The van der Waals surface area contributed by atoms with Crippen LogP contribution in [-0.2, 0) is 20.7 Å². The first-order chi connectivity index (χ1) is 11.3. The minimum Gasteiger partial charge on any atom is -0.469 e. The number of benzene rings is 1. The number of nitrogens with zero attached hydrogens (tertiary/aromatic N) is 3. The van der Waals surface area contributed by atoms with Crippen LogP contribution in [0.2, 0.25) is 0 Å². The van der Waals surface area contributed by atoms with E-state index in [1.165, 1.54) is 18.1 Å². The lowest BCUT2D eigenvalue weighted by atomic mass is 10.1. The summed E-state index contributed by atoms with van der Waals surface area (Å²) in [5.41, 5.74) is 0.284. The Morgan fingerprint density at radius 1 is 1.17 bits per heavy atom. The van der Waals surface area contributed by atoms with E-state index in [9.17, 15) is 19.7 Å². The number of hydrogen-bond donors (Lipinski definition) is 0. The van der Waals surface area contributed by atoms with Crippen LogP contribution in [0.5, 0.6) is 0 Å². The number of nitro groups is 1. The largest absolute Gasteiger partial charge is 0.469 e. The summed E-state index contributed by atoms with van der Waals surface area (Å²) in [5, 5.41) is 11.1. The number of hydrogen-bond acceptors (Lipinski definition) is 6. The summed E-state index contributed by atoms with van der Waals surface area (Å²) in [6.45, 7) is 1.28. The molecule has 1 rings (SSSR count). The normalized spacial score (nSPS) is 10.5. The number of rotatable bonds is 9. The van der Waals surface area contributed by atoms with Gasteiger partial charge in [-0.3, -0.25) is 19.7 Å². The molecule has 0 aliphatic heterocycles. The third-order valence-corrected chi connectivity index (χ3v) is 3.51. The highest BCUT2D eigenvalue weighted by molar-refractivity contribution is 5.80. The summed E-state index contributed by atoms with van der Waals surface area (Å²) in [6.07, 6.45) is 0.0122.